The second-order valence-electron chi connectivity index (χ2n) is 5.39. The van der Waals surface area contributed by atoms with Gasteiger partial charge < -0.3 is 10.6 Å². The van der Waals surface area contributed by atoms with Gasteiger partial charge in [0.25, 0.3) is 5.91 Å². The van der Waals surface area contributed by atoms with E-state index in [1.165, 1.54) is 11.3 Å². The van der Waals surface area contributed by atoms with Crippen molar-refractivity contribution in [2.24, 2.45) is 0 Å². The number of thiazole rings is 1. The molecule has 0 spiro atoms. The normalized spacial score (nSPS) is 10.2. The lowest BCUT2D eigenvalue weighted by Crippen LogP contribution is -2.19. The van der Waals surface area contributed by atoms with E-state index in [4.69, 9.17) is 11.6 Å². The zero-order valence-electron chi connectivity index (χ0n) is 13.7. The Morgan fingerprint density at radius 3 is 2.46 bits per heavy atom. The van der Waals surface area contributed by atoms with Gasteiger partial charge in [-0.25, -0.2) is 9.78 Å². The van der Waals surface area contributed by atoms with Gasteiger partial charge in [-0.05, 0) is 42.8 Å². The van der Waals surface area contributed by atoms with E-state index < -0.39 is 6.03 Å². The lowest BCUT2D eigenvalue weighted by Gasteiger charge is -2.06. The number of aromatic nitrogens is 1. The lowest BCUT2D eigenvalue weighted by atomic mass is 10.2. The number of para-hydroxylation sites is 1. The first-order valence-corrected chi connectivity index (χ1v) is 8.93. The number of urea groups is 1. The first kappa shape index (κ1) is 17.9. The van der Waals surface area contributed by atoms with Gasteiger partial charge in [-0.1, -0.05) is 29.8 Å². The van der Waals surface area contributed by atoms with E-state index >= 15 is 0 Å². The van der Waals surface area contributed by atoms with Crippen molar-refractivity contribution >= 4 is 51.4 Å². The maximum Gasteiger partial charge on any atom is 0.325 e. The fraction of sp³-hybridized carbons (Fsp3) is 0.0556. The van der Waals surface area contributed by atoms with Crippen LogP contribution >= 0.6 is 22.9 Å². The molecule has 2 aromatic carbocycles. The van der Waals surface area contributed by atoms with Crippen LogP contribution < -0.4 is 16.0 Å². The topological polar surface area (TPSA) is 83.1 Å². The number of carbonyl (C=O) groups excluding carboxylic acids is 2. The Kier molecular flexibility index (Phi) is 5.50. The quantitative estimate of drug-likeness (QED) is 0.589. The van der Waals surface area contributed by atoms with E-state index in [0.717, 1.165) is 11.3 Å². The Labute approximate surface area is 159 Å². The molecule has 3 N–H and O–H groups in total. The summed E-state index contributed by atoms with van der Waals surface area (Å²) in [4.78, 5) is 28.4. The number of anilines is 3. The fourth-order valence-electron chi connectivity index (χ4n) is 2.13. The molecule has 0 radical (unpaired) electrons. The number of hydrogen-bond acceptors (Lipinski definition) is 4. The zero-order chi connectivity index (χ0) is 18.5. The van der Waals surface area contributed by atoms with Crippen LogP contribution in [0.5, 0.6) is 0 Å². The van der Waals surface area contributed by atoms with Gasteiger partial charge in [-0.15, -0.1) is 11.3 Å². The first-order valence-electron chi connectivity index (χ1n) is 7.67. The highest BCUT2D eigenvalue weighted by Crippen LogP contribution is 2.19. The summed E-state index contributed by atoms with van der Waals surface area (Å²) in [6, 6.07) is 13.7. The van der Waals surface area contributed by atoms with Crippen LogP contribution in [0.2, 0.25) is 5.02 Å². The highest BCUT2D eigenvalue weighted by molar-refractivity contribution is 7.14. The average Bonchev–Trinajstić information content (AvgIpc) is 3.07. The molecule has 0 aliphatic rings. The Morgan fingerprint density at radius 1 is 1.00 bits per heavy atom. The van der Waals surface area contributed by atoms with Gasteiger partial charge in [0.15, 0.2) is 5.13 Å². The molecule has 0 aliphatic carbocycles. The minimum absolute atomic E-state index is 0.236. The highest BCUT2D eigenvalue weighted by Gasteiger charge is 2.13. The summed E-state index contributed by atoms with van der Waals surface area (Å²) in [7, 11) is 0. The van der Waals surface area contributed by atoms with Gasteiger partial charge in [-0.3, -0.25) is 10.1 Å². The fourth-order valence-corrected chi connectivity index (χ4v) is 2.94. The van der Waals surface area contributed by atoms with Crippen LogP contribution in [0.3, 0.4) is 0 Å². The maximum atomic E-state index is 12.3. The molecule has 0 fully saturated rings. The molecule has 1 heterocycles. The third-order valence-corrected chi connectivity index (χ3v) is 4.46. The lowest BCUT2D eigenvalue weighted by molar-refractivity contribution is 0.102. The van der Waals surface area contributed by atoms with Crippen molar-refractivity contribution < 1.29 is 9.59 Å². The van der Waals surface area contributed by atoms with E-state index in [-0.39, 0.29) is 11.6 Å². The maximum absolute atomic E-state index is 12.3. The predicted octanol–water partition coefficient (Wildman–Crippen LogP) is 5.00. The number of nitrogens with one attached hydrogen (secondary N) is 3. The minimum Gasteiger partial charge on any atom is -0.320 e. The van der Waals surface area contributed by atoms with Crippen molar-refractivity contribution in [1.82, 2.24) is 4.98 Å². The largest absolute Gasteiger partial charge is 0.325 e. The summed E-state index contributed by atoms with van der Waals surface area (Å²) in [6.45, 7) is 1.91. The molecule has 0 bridgehead atoms. The molecule has 6 nitrogen and oxygen atoms in total. The SMILES string of the molecule is Cc1ccccc1NC(=O)c1csc(NC(=O)Nc2ccc(Cl)cc2)n1. The Morgan fingerprint density at radius 2 is 1.73 bits per heavy atom. The number of carbonyl (C=O) groups is 2. The Balaban J connectivity index is 1.60. The van der Waals surface area contributed by atoms with Crippen LogP contribution in [0.4, 0.5) is 21.3 Å². The third-order valence-electron chi connectivity index (χ3n) is 3.45. The van der Waals surface area contributed by atoms with Crippen LogP contribution in [-0.2, 0) is 0 Å². The van der Waals surface area contributed by atoms with Gasteiger partial charge in [-0.2, -0.15) is 0 Å². The molecular formula is C18H15ClN4O2S. The van der Waals surface area contributed by atoms with Crippen molar-refractivity contribution in [3.8, 4) is 0 Å². The van der Waals surface area contributed by atoms with Crippen LogP contribution in [0.1, 0.15) is 16.1 Å². The second-order valence-corrected chi connectivity index (χ2v) is 6.69. The molecule has 3 aromatic rings. The number of benzene rings is 2. The van der Waals surface area contributed by atoms with Crippen molar-refractivity contribution in [2.45, 2.75) is 6.92 Å². The summed E-state index contributed by atoms with van der Waals surface area (Å²) >= 11 is 6.97. The van der Waals surface area contributed by atoms with Gasteiger partial charge in [0.05, 0.1) is 0 Å². The second kappa shape index (κ2) is 7.99. The minimum atomic E-state index is -0.451. The summed E-state index contributed by atoms with van der Waals surface area (Å²) in [6.07, 6.45) is 0. The summed E-state index contributed by atoms with van der Waals surface area (Å²) in [5.74, 6) is -0.332. The molecule has 0 atom stereocenters. The molecule has 0 unspecified atom stereocenters. The summed E-state index contributed by atoms with van der Waals surface area (Å²) in [5, 5.41) is 10.6. The molecule has 3 rings (SSSR count). The van der Waals surface area contributed by atoms with E-state index in [9.17, 15) is 9.59 Å². The first-order chi connectivity index (χ1) is 12.5. The van der Waals surface area contributed by atoms with Crippen LogP contribution in [0.25, 0.3) is 0 Å². The predicted molar refractivity (Wildman–Crippen MR) is 105 cm³/mol. The smallest absolute Gasteiger partial charge is 0.320 e. The molecule has 0 aliphatic heterocycles. The molecule has 132 valence electrons. The van der Waals surface area contributed by atoms with Crippen molar-refractivity contribution in [3.05, 3.63) is 70.2 Å². The zero-order valence-corrected chi connectivity index (χ0v) is 15.3. The van der Waals surface area contributed by atoms with E-state index in [1.54, 1.807) is 29.6 Å². The van der Waals surface area contributed by atoms with Gasteiger partial charge in [0, 0.05) is 21.8 Å². The van der Waals surface area contributed by atoms with Gasteiger partial charge >= 0.3 is 6.03 Å². The standard InChI is InChI=1S/C18H15ClN4O2S/c1-11-4-2-3-5-14(11)21-16(24)15-10-26-18(22-15)23-17(25)20-13-8-6-12(19)7-9-13/h2-10H,1H3,(H,21,24)(H2,20,22,23,25). The molecule has 3 amide bonds. The molecule has 26 heavy (non-hydrogen) atoms. The van der Waals surface area contributed by atoms with Crippen LogP contribution in [0.15, 0.2) is 53.9 Å². The van der Waals surface area contributed by atoms with Crippen LogP contribution in [0, 0.1) is 6.92 Å². The molecule has 1 aromatic heterocycles. The van der Waals surface area contributed by atoms with Crippen molar-refractivity contribution in [2.75, 3.05) is 16.0 Å². The third kappa shape index (κ3) is 4.59. The van der Waals surface area contributed by atoms with Gasteiger partial charge in [0.2, 0.25) is 0 Å². The Hall–Kier alpha value is -2.90. The number of amides is 3. The number of halogens is 1. The molecular weight excluding hydrogens is 372 g/mol. The van der Waals surface area contributed by atoms with Gasteiger partial charge in [0.1, 0.15) is 5.69 Å². The number of nitrogens with zero attached hydrogens (tertiary/aromatic N) is 1. The number of aryl methyl sites for hydroxylation is 1. The van der Waals surface area contributed by atoms with E-state index in [0.29, 0.717) is 15.8 Å². The molecule has 8 heteroatoms. The summed E-state index contributed by atoms with van der Waals surface area (Å²) in [5.41, 5.74) is 2.51. The Bertz CT molecular complexity index is 940. The van der Waals surface area contributed by atoms with E-state index in [1.807, 2.05) is 31.2 Å². The highest BCUT2D eigenvalue weighted by atomic mass is 35.5. The number of rotatable bonds is 4. The van der Waals surface area contributed by atoms with Crippen molar-refractivity contribution in [1.29, 1.82) is 0 Å². The molecule has 0 saturated heterocycles. The van der Waals surface area contributed by atoms with Crippen molar-refractivity contribution in [3.63, 3.8) is 0 Å². The molecule has 0 saturated carbocycles. The summed E-state index contributed by atoms with van der Waals surface area (Å²) < 4.78 is 0. The monoisotopic (exact) mass is 386 g/mol. The van der Waals surface area contributed by atoms with E-state index in [2.05, 4.69) is 20.9 Å². The van der Waals surface area contributed by atoms with Crippen LogP contribution in [-0.4, -0.2) is 16.9 Å². The average molecular weight is 387 g/mol. The number of hydrogen-bond donors (Lipinski definition) is 3.